The van der Waals surface area contributed by atoms with Crippen molar-refractivity contribution in [3.63, 3.8) is 0 Å². The molecule has 0 fully saturated rings. The smallest absolute Gasteiger partial charge is 0.233 e. The van der Waals surface area contributed by atoms with E-state index in [1.807, 2.05) is 19.1 Å². The summed E-state index contributed by atoms with van der Waals surface area (Å²) >= 11 is 1.25. The van der Waals surface area contributed by atoms with E-state index in [1.165, 1.54) is 29.0 Å². The molecule has 4 rings (SSSR count). The summed E-state index contributed by atoms with van der Waals surface area (Å²) in [5.74, 6) is -0.0599. The Morgan fingerprint density at radius 1 is 1.25 bits per heavy atom. The number of nitrogens with one attached hydrogen (secondary N) is 2. The quantitative estimate of drug-likeness (QED) is 0.632. The first kappa shape index (κ1) is 18.7. The Balaban J connectivity index is 1.41. The van der Waals surface area contributed by atoms with Gasteiger partial charge in [-0.15, -0.1) is 5.10 Å². The summed E-state index contributed by atoms with van der Waals surface area (Å²) in [6.45, 7) is 1.83. The third kappa shape index (κ3) is 3.94. The lowest BCUT2D eigenvalue weighted by Gasteiger charge is -2.27. The van der Waals surface area contributed by atoms with E-state index in [0.29, 0.717) is 16.5 Å². The van der Waals surface area contributed by atoms with E-state index in [2.05, 4.69) is 32.6 Å². The third-order valence-corrected chi connectivity index (χ3v) is 5.89. The van der Waals surface area contributed by atoms with Gasteiger partial charge < -0.3 is 5.32 Å². The van der Waals surface area contributed by atoms with Crippen LogP contribution in [0.2, 0.25) is 0 Å². The van der Waals surface area contributed by atoms with Crippen molar-refractivity contribution < 1.29 is 9.18 Å². The fourth-order valence-electron chi connectivity index (χ4n) is 3.48. The number of aromatic nitrogens is 3. The van der Waals surface area contributed by atoms with Crippen LogP contribution in [0.15, 0.2) is 53.7 Å². The molecule has 2 aromatic carbocycles. The number of aryl methyl sites for hydroxylation is 1. The Kier molecular flexibility index (Phi) is 5.43. The van der Waals surface area contributed by atoms with E-state index in [1.54, 1.807) is 18.2 Å². The maximum atomic E-state index is 13.9. The van der Waals surface area contributed by atoms with Gasteiger partial charge in [0.1, 0.15) is 5.82 Å². The minimum Gasteiger partial charge on any atom is -0.348 e. The number of fused-ring (bicyclic) bond motifs is 1. The van der Waals surface area contributed by atoms with Gasteiger partial charge in [0.05, 0.1) is 16.9 Å². The summed E-state index contributed by atoms with van der Waals surface area (Å²) in [6.07, 6.45) is 3.07. The van der Waals surface area contributed by atoms with Gasteiger partial charge in [0.15, 0.2) is 5.82 Å². The SMILES string of the molecule is C[C@H](Sc1n[nH]c(-c2ccccc2F)n1)C(=O)N[C@@H]1CCCc2ccccc21. The highest BCUT2D eigenvalue weighted by Crippen LogP contribution is 2.30. The number of H-pyrrole nitrogens is 1. The van der Waals surface area contributed by atoms with Gasteiger partial charge in [-0.25, -0.2) is 9.37 Å². The normalized spacial score (nSPS) is 17.0. The molecule has 7 heteroatoms. The second-order valence-electron chi connectivity index (χ2n) is 6.86. The van der Waals surface area contributed by atoms with Crippen LogP contribution < -0.4 is 5.32 Å². The van der Waals surface area contributed by atoms with Crippen molar-refractivity contribution >= 4 is 17.7 Å². The van der Waals surface area contributed by atoms with Gasteiger partial charge >= 0.3 is 0 Å². The van der Waals surface area contributed by atoms with E-state index >= 15 is 0 Å². The van der Waals surface area contributed by atoms with Gasteiger partial charge in [-0.2, -0.15) is 0 Å². The molecule has 2 atom stereocenters. The molecule has 1 aliphatic carbocycles. The summed E-state index contributed by atoms with van der Waals surface area (Å²) < 4.78 is 13.9. The van der Waals surface area contributed by atoms with E-state index in [0.717, 1.165) is 19.3 Å². The highest BCUT2D eigenvalue weighted by Gasteiger charge is 2.25. The molecule has 0 saturated carbocycles. The van der Waals surface area contributed by atoms with Crippen molar-refractivity contribution in [1.82, 2.24) is 20.5 Å². The Morgan fingerprint density at radius 2 is 2.04 bits per heavy atom. The Morgan fingerprint density at radius 3 is 2.89 bits per heavy atom. The molecule has 1 heterocycles. The molecule has 0 radical (unpaired) electrons. The summed E-state index contributed by atoms with van der Waals surface area (Å²) in [7, 11) is 0. The van der Waals surface area contributed by atoms with Crippen molar-refractivity contribution in [2.45, 2.75) is 42.6 Å². The summed E-state index contributed by atoms with van der Waals surface area (Å²) in [6, 6.07) is 14.7. The second-order valence-corrected chi connectivity index (χ2v) is 8.17. The number of rotatable bonds is 5. The number of aromatic amines is 1. The van der Waals surface area contributed by atoms with Crippen molar-refractivity contribution in [1.29, 1.82) is 0 Å². The minimum absolute atomic E-state index is 0.0432. The molecule has 3 aromatic rings. The maximum absolute atomic E-state index is 13.9. The van der Waals surface area contributed by atoms with Crippen molar-refractivity contribution in [3.05, 3.63) is 65.5 Å². The number of carbonyl (C=O) groups is 1. The molecular formula is C21H21FN4OS. The number of carbonyl (C=O) groups excluding carboxylic acids is 1. The molecule has 5 nitrogen and oxygen atoms in total. The molecule has 0 aliphatic heterocycles. The van der Waals surface area contributed by atoms with Crippen molar-refractivity contribution in [2.24, 2.45) is 0 Å². The fourth-order valence-corrected chi connectivity index (χ4v) is 4.21. The summed E-state index contributed by atoms with van der Waals surface area (Å²) in [5, 5.41) is 10.1. The molecule has 0 bridgehead atoms. The summed E-state index contributed by atoms with van der Waals surface area (Å²) in [5.41, 5.74) is 2.87. The first-order chi connectivity index (χ1) is 13.6. The number of amides is 1. The van der Waals surface area contributed by atoms with Crippen LogP contribution in [-0.4, -0.2) is 26.3 Å². The number of thioether (sulfide) groups is 1. The Bertz CT molecular complexity index is 990. The van der Waals surface area contributed by atoms with Gasteiger partial charge in [-0.3, -0.25) is 9.89 Å². The standard InChI is InChI=1S/C21H21FN4OS/c1-13(20(27)23-18-12-6-8-14-7-2-3-9-15(14)18)28-21-24-19(25-26-21)16-10-4-5-11-17(16)22/h2-5,7,9-11,13,18H,6,8,12H2,1H3,(H,23,27)(H,24,25,26)/t13-,18+/m0/s1. The fraction of sp³-hybridized carbons (Fsp3) is 0.286. The molecule has 1 aromatic heterocycles. The molecule has 2 N–H and O–H groups in total. The molecule has 0 unspecified atom stereocenters. The first-order valence-electron chi connectivity index (χ1n) is 9.34. The zero-order valence-corrected chi connectivity index (χ0v) is 16.3. The van der Waals surface area contributed by atoms with Crippen molar-refractivity contribution in [2.75, 3.05) is 0 Å². The van der Waals surface area contributed by atoms with E-state index in [9.17, 15) is 9.18 Å². The Hall–Kier alpha value is -2.67. The van der Waals surface area contributed by atoms with Crippen LogP contribution in [0.4, 0.5) is 4.39 Å². The largest absolute Gasteiger partial charge is 0.348 e. The van der Waals surface area contributed by atoms with Crippen LogP contribution in [0.3, 0.4) is 0 Å². The van der Waals surface area contributed by atoms with Gasteiger partial charge in [-0.1, -0.05) is 48.2 Å². The lowest BCUT2D eigenvalue weighted by atomic mass is 9.88. The van der Waals surface area contributed by atoms with E-state index in [-0.39, 0.29) is 23.0 Å². The number of hydrogen-bond donors (Lipinski definition) is 2. The minimum atomic E-state index is -0.364. The van der Waals surface area contributed by atoms with E-state index < -0.39 is 0 Å². The monoisotopic (exact) mass is 396 g/mol. The van der Waals surface area contributed by atoms with Crippen molar-refractivity contribution in [3.8, 4) is 11.4 Å². The zero-order valence-electron chi connectivity index (χ0n) is 15.5. The maximum Gasteiger partial charge on any atom is 0.233 e. The van der Waals surface area contributed by atoms with E-state index in [4.69, 9.17) is 0 Å². The molecule has 1 amide bonds. The van der Waals surface area contributed by atoms with Crippen LogP contribution in [0.25, 0.3) is 11.4 Å². The second kappa shape index (κ2) is 8.14. The predicted octanol–water partition coefficient (Wildman–Crippen LogP) is 4.29. The zero-order chi connectivity index (χ0) is 19.5. The lowest BCUT2D eigenvalue weighted by molar-refractivity contribution is -0.121. The first-order valence-corrected chi connectivity index (χ1v) is 10.2. The van der Waals surface area contributed by atoms with Gasteiger partial charge in [0, 0.05) is 0 Å². The lowest BCUT2D eigenvalue weighted by Crippen LogP contribution is -2.35. The van der Waals surface area contributed by atoms with Gasteiger partial charge in [0.2, 0.25) is 11.1 Å². The van der Waals surface area contributed by atoms with Crippen LogP contribution in [0, 0.1) is 5.82 Å². The number of nitrogens with zero attached hydrogens (tertiary/aromatic N) is 2. The van der Waals surface area contributed by atoms with Crippen LogP contribution in [0.5, 0.6) is 0 Å². The molecule has 144 valence electrons. The summed E-state index contributed by atoms with van der Waals surface area (Å²) in [4.78, 5) is 17.0. The highest BCUT2D eigenvalue weighted by molar-refractivity contribution is 8.00. The topological polar surface area (TPSA) is 70.7 Å². The van der Waals surface area contributed by atoms with Crippen LogP contribution in [-0.2, 0) is 11.2 Å². The molecule has 28 heavy (non-hydrogen) atoms. The number of benzene rings is 2. The molecule has 0 saturated heterocycles. The van der Waals surface area contributed by atoms with Gasteiger partial charge in [0.25, 0.3) is 0 Å². The van der Waals surface area contributed by atoms with Gasteiger partial charge in [-0.05, 0) is 49.4 Å². The molecule has 0 spiro atoms. The average Bonchev–Trinajstić information content (AvgIpc) is 3.16. The predicted molar refractivity (Wildman–Crippen MR) is 107 cm³/mol. The Labute approximate surface area is 167 Å². The number of halogens is 1. The van der Waals surface area contributed by atoms with Crippen LogP contribution in [0.1, 0.15) is 36.9 Å². The molecular weight excluding hydrogens is 375 g/mol. The van der Waals surface area contributed by atoms with Crippen LogP contribution >= 0.6 is 11.8 Å². The molecule has 1 aliphatic rings. The highest BCUT2D eigenvalue weighted by atomic mass is 32.2. The number of hydrogen-bond acceptors (Lipinski definition) is 4. The average molecular weight is 396 g/mol. The third-order valence-electron chi connectivity index (χ3n) is 4.93.